The molecular weight excluding hydrogens is 350 g/mol. The van der Waals surface area contributed by atoms with E-state index in [1.807, 2.05) is 13.8 Å². The Labute approximate surface area is 168 Å². The molecule has 150 valence electrons. The quantitative estimate of drug-likeness (QED) is 0.467. The van der Waals surface area contributed by atoms with Crippen molar-refractivity contribution >= 4 is 5.57 Å². The second-order valence-electron chi connectivity index (χ2n) is 9.10. The van der Waals surface area contributed by atoms with E-state index in [-0.39, 0.29) is 18.5 Å². The molecule has 0 saturated heterocycles. The Morgan fingerprint density at radius 1 is 1.21 bits per heavy atom. The summed E-state index contributed by atoms with van der Waals surface area (Å²) in [5.74, 6) is 3.52. The molecule has 0 aliphatic heterocycles. The predicted octanol–water partition coefficient (Wildman–Crippen LogP) is 5.43. The van der Waals surface area contributed by atoms with Gasteiger partial charge in [-0.25, -0.2) is 0 Å². The largest absolute Gasteiger partial charge is 0.467 e. The zero-order chi connectivity index (χ0) is 19.7. The van der Waals surface area contributed by atoms with Gasteiger partial charge in [-0.3, -0.25) is 0 Å². The van der Waals surface area contributed by atoms with Crippen molar-refractivity contribution in [3.05, 3.63) is 35.4 Å². The number of benzene rings is 1. The first kappa shape index (κ1) is 19.5. The Balaban J connectivity index is 1.67. The Kier molecular flexibility index (Phi) is 5.49. The van der Waals surface area contributed by atoms with Crippen LogP contribution in [0.3, 0.4) is 0 Å². The first-order chi connectivity index (χ1) is 13.5. The van der Waals surface area contributed by atoms with E-state index in [0.29, 0.717) is 0 Å². The van der Waals surface area contributed by atoms with Crippen LogP contribution in [0.15, 0.2) is 24.3 Å². The summed E-state index contributed by atoms with van der Waals surface area (Å²) in [6.45, 7) is 4.05. The van der Waals surface area contributed by atoms with E-state index in [4.69, 9.17) is 19.5 Å². The standard InChI is InChI=1S/C24H31NO3/c1-16(6-7-25)21-4-5-23(28-15-27-17(2)26-3)22(11-21)24-12-18-8-19(13-24)10-20(9-18)14-24/h4-6,11,17-20H,8-10,12-15H2,1-3H3/b16-6-. The summed E-state index contributed by atoms with van der Waals surface area (Å²) in [5, 5.41) is 9.06. The summed E-state index contributed by atoms with van der Waals surface area (Å²) < 4.78 is 16.8. The Morgan fingerprint density at radius 2 is 1.86 bits per heavy atom. The number of hydrogen-bond acceptors (Lipinski definition) is 4. The van der Waals surface area contributed by atoms with Gasteiger partial charge in [-0.2, -0.15) is 5.26 Å². The van der Waals surface area contributed by atoms with Gasteiger partial charge in [0.2, 0.25) is 0 Å². The number of ether oxygens (including phenoxy) is 3. The normalized spacial score (nSPS) is 32.2. The molecule has 0 spiro atoms. The van der Waals surface area contributed by atoms with E-state index in [2.05, 4.69) is 24.3 Å². The van der Waals surface area contributed by atoms with Gasteiger partial charge in [0.25, 0.3) is 0 Å². The molecule has 4 aliphatic rings. The SMILES string of the molecule is COC(C)OCOc1ccc(/C(C)=C\C#N)cc1C12CC3CC(CC(C3)C1)C2. The number of allylic oxidation sites excluding steroid dienone is 2. The molecule has 28 heavy (non-hydrogen) atoms. The van der Waals surface area contributed by atoms with Gasteiger partial charge in [-0.15, -0.1) is 0 Å². The van der Waals surface area contributed by atoms with Gasteiger partial charge in [-0.05, 0) is 98.8 Å². The summed E-state index contributed by atoms with van der Waals surface area (Å²) in [6, 6.07) is 8.57. The number of rotatable bonds is 7. The van der Waals surface area contributed by atoms with Crippen molar-refractivity contribution in [3.8, 4) is 11.8 Å². The molecule has 4 heteroatoms. The highest BCUT2D eigenvalue weighted by Crippen LogP contribution is 2.62. The minimum Gasteiger partial charge on any atom is -0.467 e. The Hall–Kier alpha value is -1.83. The molecule has 0 amide bonds. The van der Waals surface area contributed by atoms with E-state index in [1.165, 1.54) is 44.1 Å². The van der Waals surface area contributed by atoms with E-state index in [9.17, 15) is 0 Å². The molecule has 0 N–H and O–H groups in total. The number of nitriles is 1. The molecule has 1 aromatic rings. The molecule has 1 atom stereocenters. The van der Waals surface area contributed by atoms with Gasteiger partial charge < -0.3 is 14.2 Å². The average Bonchev–Trinajstić information content (AvgIpc) is 2.67. The van der Waals surface area contributed by atoms with Crippen LogP contribution in [-0.2, 0) is 14.9 Å². The zero-order valence-electron chi connectivity index (χ0n) is 17.2. The zero-order valence-corrected chi connectivity index (χ0v) is 17.2. The molecule has 0 aromatic heterocycles. The minimum absolute atomic E-state index is 0.181. The minimum atomic E-state index is -0.289. The van der Waals surface area contributed by atoms with Crippen LogP contribution in [0.4, 0.5) is 0 Å². The van der Waals surface area contributed by atoms with Gasteiger partial charge >= 0.3 is 0 Å². The second-order valence-corrected chi connectivity index (χ2v) is 9.10. The van der Waals surface area contributed by atoms with E-state index < -0.39 is 0 Å². The van der Waals surface area contributed by atoms with E-state index in [1.54, 1.807) is 13.2 Å². The number of methoxy groups -OCH3 is 1. The lowest BCUT2D eigenvalue weighted by Gasteiger charge is -2.57. The van der Waals surface area contributed by atoms with Crippen molar-refractivity contribution in [1.82, 2.24) is 0 Å². The molecule has 4 saturated carbocycles. The van der Waals surface area contributed by atoms with Crippen molar-refractivity contribution in [2.24, 2.45) is 17.8 Å². The monoisotopic (exact) mass is 381 g/mol. The fourth-order valence-corrected chi connectivity index (χ4v) is 6.20. The molecule has 0 heterocycles. The highest BCUT2D eigenvalue weighted by Gasteiger charge is 2.52. The van der Waals surface area contributed by atoms with Crippen molar-refractivity contribution in [3.63, 3.8) is 0 Å². The third-order valence-electron chi connectivity index (χ3n) is 7.17. The van der Waals surface area contributed by atoms with Crippen LogP contribution >= 0.6 is 0 Å². The van der Waals surface area contributed by atoms with Crippen LogP contribution in [0, 0.1) is 29.1 Å². The van der Waals surface area contributed by atoms with Crippen molar-refractivity contribution in [2.75, 3.05) is 13.9 Å². The molecule has 1 aromatic carbocycles. The molecule has 0 radical (unpaired) electrons. The summed E-state index contributed by atoms with van der Waals surface area (Å²) >= 11 is 0. The van der Waals surface area contributed by atoms with Crippen molar-refractivity contribution in [2.45, 2.75) is 64.1 Å². The second kappa shape index (κ2) is 7.89. The van der Waals surface area contributed by atoms with Crippen molar-refractivity contribution in [1.29, 1.82) is 5.26 Å². The van der Waals surface area contributed by atoms with Crippen LogP contribution in [0.25, 0.3) is 5.57 Å². The molecule has 4 bridgehead atoms. The third-order valence-corrected chi connectivity index (χ3v) is 7.17. The van der Waals surface area contributed by atoms with E-state index >= 15 is 0 Å². The maximum atomic E-state index is 9.06. The molecule has 1 unspecified atom stereocenters. The third kappa shape index (κ3) is 3.71. The fraction of sp³-hybridized carbons (Fsp3) is 0.625. The van der Waals surface area contributed by atoms with Gasteiger partial charge in [-0.1, -0.05) is 6.07 Å². The summed E-state index contributed by atoms with van der Waals surface area (Å²) in [6.07, 6.45) is 9.40. The molecular formula is C24H31NO3. The van der Waals surface area contributed by atoms with Gasteiger partial charge in [0, 0.05) is 18.7 Å². The predicted molar refractivity (Wildman–Crippen MR) is 109 cm³/mol. The van der Waals surface area contributed by atoms with Crippen LogP contribution in [-0.4, -0.2) is 20.2 Å². The van der Waals surface area contributed by atoms with Crippen LogP contribution in [0.1, 0.15) is 63.5 Å². The highest BCUT2D eigenvalue weighted by molar-refractivity contribution is 5.68. The van der Waals surface area contributed by atoms with Crippen LogP contribution < -0.4 is 4.74 Å². The van der Waals surface area contributed by atoms with Gasteiger partial charge in [0.15, 0.2) is 13.1 Å². The first-order valence-corrected chi connectivity index (χ1v) is 10.5. The van der Waals surface area contributed by atoms with Gasteiger partial charge in [0.05, 0.1) is 6.07 Å². The lowest BCUT2D eigenvalue weighted by atomic mass is 9.48. The Bertz CT molecular complexity index is 756. The van der Waals surface area contributed by atoms with E-state index in [0.717, 1.165) is 34.6 Å². The lowest BCUT2D eigenvalue weighted by molar-refractivity contribution is -0.150. The smallest absolute Gasteiger partial charge is 0.191 e. The summed E-state index contributed by atoms with van der Waals surface area (Å²) in [7, 11) is 1.63. The lowest BCUT2D eigenvalue weighted by Crippen LogP contribution is -2.48. The molecule has 4 fully saturated rings. The van der Waals surface area contributed by atoms with Crippen molar-refractivity contribution < 1.29 is 14.2 Å². The number of hydrogen-bond donors (Lipinski definition) is 0. The summed E-state index contributed by atoms with van der Waals surface area (Å²) in [5.41, 5.74) is 3.67. The molecule has 5 rings (SSSR count). The fourth-order valence-electron chi connectivity index (χ4n) is 6.20. The number of nitrogens with zero attached hydrogens (tertiary/aromatic N) is 1. The maximum Gasteiger partial charge on any atom is 0.191 e. The average molecular weight is 382 g/mol. The van der Waals surface area contributed by atoms with Gasteiger partial charge in [0.1, 0.15) is 5.75 Å². The topological polar surface area (TPSA) is 51.5 Å². The highest BCUT2D eigenvalue weighted by atomic mass is 16.7. The van der Waals surface area contributed by atoms with Crippen LogP contribution in [0.2, 0.25) is 0 Å². The Morgan fingerprint density at radius 3 is 2.43 bits per heavy atom. The summed E-state index contributed by atoms with van der Waals surface area (Å²) in [4.78, 5) is 0. The van der Waals surface area contributed by atoms with Crippen LogP contribution in [0.5, 0.6) is 5.75 Å². The molecule has 4 nitrogen and oxygen atoms in total. The first-order valence-electron chi connectivity index (χ1n) is 10.5. The maximum absolute atomic E-state index is 9.06. The molecule has 4 aliphatic carbocycles.